The molecular weight excluding hydrogens is 204 g/mol. The van der Waals surface area contributed by atoms with Crippen molar-refractivity contribution in [2.24, 2.45) is 11.8 Å². The number of nitrogens with one attached hydrogen (secondary N) is 1. The van der Waals surface area contributed by atoms with Crippen molar-refractivity contribution in [1.82, 2.24) is 10.2 Å². The maximum absolute atomic E-state index is 10.9. The van der Waals surface area contributed by atoms with Crippen molar-refractivity contribution in [3.8, 4) is 0 Å². The van der Waals surface area contributed by atoms with E-state index >= 15 is 0 Å². The number of fused-ring (bicyclic) bond motifs is 3. The van der Waals surface area contributed by atoms with Crippen LogP contribution in [0.3, 0.4) is 0 Å². The van der Waals surface area contributed by atoms with Gasteiger partial charge in [-0.3, -0.25) is 4.90 Å². The molecule has 0 spiro atoms. The van der Waals surface area contributed by atoms with Crippen LogP contribution in [0.1, 0.15) is 12.8 Å². The number of carbonyl (C=O) groups is 1. The Labute approximate surface area is 94.6 Å². The molecule has 0 radical (unpaired) electrons. The minimum absolute atomic E-state index is 0.355. The number of nitrogens with zero attached hydrogens (tertiary/aromatic N) is 1. The van der Waals surface area contributed by atoms with Gasteiger partial charge in [-0.05, 0) is 18.8 Å². The third-order valence-corrected chi connectivity index (χ3v) is 3.99. The van der Waals surface area contributed by atoms with E-state index < -0.39 is 6.09 Å². The van der Waals surface area contributed by atoms with Crippen LogP contribution < -0.4 is 5.32 Å². The molecule has 4 heteroatoms. The summed E-state index contributed by atoms with van der Waals surface area (Å²) >= 11 is 0. The van der Waals surface area contributed by atoms with Gasteiger partial charge in [-0.2, -0.15) is 0 Å². The van der Waals surface area contributed by atoms with Crippen LogP contribution in [0.15, 0.2) is 24.4 Å². The van der Waals surface area contributed by atoms with Gasteiger partial charge in [0.1, 0.15) is 0 Å². The molecule has 4 nitrogen and oxygen atoms in total. The molecule has 4 unspecified atom stereocenters. The second kappa shape index (κ2) is 3.63. The maximum atomic E-state index is 10.9. The molecule has 0 aromatic heterocycles. The van der Waals surface area contributed by atoms with Gasteiger partial charge in [0.15, 0.2) is 0 Å². The van der Waals surface area contributed by atoms with Gasteiger partial charge >= 0.3 is 6.09 Å². The molecule has 86 valence electrons. The fourth-order valence-electron chi connectivity index (χ4n) is 3.20. The Kier molecular flexibility index (Phi) is 2.24. The molecule has 4 atom stereocenters. The van der Waals surface area contributed by atoms with E-state index in [0.717, 1.165) is 6.42 Å². The highest BCUT2D eigenvalue weighted by Crippen LogP contribution is 2.37. The summed E-state index contributed by atoms with van der Waals surface area (Å²) in [7, 11) is 0. The van der Waals surface area contributed by atoms with Gasteiger partial charge in [0.2, 0.25) is 0 Å². The minimum atomic E-state index is -0.843. The van der Waals surface area contributed by atoms with Crippen molar-refractivity contribution in [3.05, 3.63) is 24.4 Å². The van der Waals surface area contributed by atoms with Crippen LogP contribution in [-0.4, -0.2) is 34.7 Å². The van der Waals surface area contributed by atoms with Crippen molar-refractivity contribution in [2.45, 2.75) is 24.9 Å². The van der Waals surface area contributed by atoms with Gasteiger partial charge in [0.25, 0.3) is 0 Å². The van der Waals surface area contributed by atoms with Gasteiger partial charge in [-0.25, -0.2) is 4.79 Å². The molecule has 1 saturated heterocycles. The average Bonchev–Trinajstić information content (AvgIpc) is 2.66. The minimum Gasteiger partial charge on any atom is -0.465 e. The van der Waals surface area contributed by atoms with E-state index in [1.807, 2.05) is 6.08 Å². The van der Waals surface area contributed by atoms with Crippen LogP contribution in [0.2, 0.25) is 0 Å². The Morgan fingerprint density at radius 2 is 2.12 bits per heavy atom. The molecule has 1 fully saturated rings. The van der Waals surface area contributed by atoms with Gasteiger partial charge in [0, 0.05) is 30.7 Å². The summed E-state index contributed by atoms with van der Waals surface area (Å²) in [6.45, 7) is 0.637. The Hall–Kier alpha value is -1.29. The molecule has 3 aliphatic rings. The van der Waals surface area contributed by atoms with E-state index in [0.29, 0.717) is 30.5 Å². The first-order chi connectivity index (χ1) is 7.75. The van der Waals surface area contributed by atoms with E-state index in [1.54, 1.807) is 6.20 Å². The first-order valence-electron chi connectivity index (χ1n) is 5.86. The summed E-state index contributed by atoms with van der Waals surface area (Å²) in [6.07, 6.45) is 9.62. The summed E-state index contributed by atoms with van der Waals surface area (Å²) in [4.78, 5) is 12.3. The number of hydrogen-bond acceptors (Lipinski definition) is 2. The fraction of sp³-hybridized carbons (Fsp3) is 0.583. The maximum Gasteiger partial charge on any atom is 0.411 e. The highest BCUT2D eigenvalue weighted by molar-refractivity contribution is 5.66. The number of amides is 1. The van der Waals surface area contributed by atoms with E-state index in [2.05, 4.69) is 17.5 Å². The zero-order valence-corrected chi connectivity index (χ0v) is 9.04. The number of carboxylic acid groups (broad SMARTS) is 1. The molecule has 0 aromatic carbocycles. The topological polar surface area (TPSA) is 52.6 Å². The monoisotopic (exact) mass is 220 g/mol. The Morgan fingerprint density at radius 3 is 2.94 bits per heavy atom. The SMILES string of the molecule is O=C(O)N1C=CC2NC3C=CCCC3C2C1. The standard InChI is InChI=1S/C12H16N2O2/c15-12(16)14-6-5-11-9(7-14)8-3-1-2-4-10(8)13-11/h2,4-6,8-11,13H,1,3,7H2,(H,15,16). The normalized spacial score (nSPS) is 40.6. The molecule has 0 aromatic rings. The van der Waals surface area contributed by atoms with E-state index in [4.69, 9.17) is 5.11 Å². The molecule has 2 heterocycles. The Balaban J connectivity index is 1.82. The molecule has 1 amide bonds. The summed E-state index contributed by atoms with van der Waals surface area (Å²) in [5, 5.41) is 12.6. The summed E-state index contributed by atoms with van der Waals surface area (Å²) in [5.74, 6) is 1.04. The van der Waals surface area contributed by atoms with E-state index in [-0.39, 0.29) is 0 Å². The zero-order valence-electron chi connectivity index (χ0n) is 9.04. The van der Waals surface area contributed by atoms with Crippen molar-refractivity contribution in [1.29, 1.82) is 0 Å². The third kappa shape index (κ3) is 1.45. The smallest absolute Gasteiger partial charge is 0.411 e. The highest BCUT2D eigenvalue weighted by Gasteiger charge is 2.43. The van der Waals surface area contributed by atoms with Crippen molar-refractivity contribution < 1.29 is 9.90 Å². The average molecular weight is 220 g/mol. The largest absolute Gasteiger partial charge is 0.465 e. The molecular formula is C12H16N2O2. The molecule has 1 aliphatic carbocycles. The van der Waals surface area contributed by atoms with Gasteiger partial charge < -0.3 is 10.4 Å². The lowest BCUT2D eigenvalue weighted by Crippen LogP contribution is -2.40. The van der Waals surface area contributed by atoms with Crippen molar-refractivity contribution in [3.63, 3.8) is 0 Å². The quantitative estimate of drug-likeness (QED) is 0.607. The van der Waals surface area contributed by atoms with Gasteiger partial charge in [0.05, 0.1) is 0 Å². The number of hydrogen-bond donors (Lipinski definition) is 2. The van der Waals surface area contributed by atoms with Gasteiger partial charge in [-0.1, -0.05) is 18.2 Å². The van der Waals surface area contributed by atoms with E-state index in [1.165, 1.54) is 11.3 Å². The fourth-order valence-corrected chi connectivity index (χ4v) is 3.20. The Morgan fingerprint density at radius 1 is 1.31 bits per heavy atom. The summed E-state index contributed by atoms with van der Waals surface area (Å²) < 4.78 is 0. The second-order valence-corrected chi connectivity index (χ2v) is 4.83. The second-order valence-electron chi connectivity index (χ2n) is 4.83. The van der Waals surface area contributed by atoms with Gasteiger partial charge in [-0.15, -0.1) is 0 Å². The lowest BCUT2D eigenvalue weighted by molar-refractivity contribution is 0.146. The highest BCUT2D eigenvalue weighted by atomic mass is 16.4. The molecule has 2 N–H and O–H groups in total. The predicted molar refractivity (Wildman–Crippen MR) is 59.9 cm³/mol. The van der Waals surface area contributed by atoms with Crippen molar-refractivity contribution >= 4 is 6.09 Å². The van der Waals surface area contributed by atoms with E-state index in [9.17, 15) is 4.79 Å². The molecule has 0 saturated carbocycles. The number of rotatable bonds is 0. The van der Waals surface area contributed by atoms with Crippen molar-refractivity contribution in [2.75, 3.05) is 6.54 Å². The lowest BCUT2D eigenvalue weighted by Gasteiger charge is -2.31. The van der Waals surface area contributed by atoms with Crippen LogP contribution in [0.5, 0.6) is 0 Å². The van der Waals surface area contributed by atoms with Crippen LogP contribution >= 0.6 is 0 Å². The zero-order chi connectivity index (χ0) is 11.1. The van der Waals surface area contributed by atoms with Crippen LogP contribution in [0, 0.1) is 11.8 Å². The van der Waals surface area contributed by atoms with Crippen LogP contribution in [0.4, 0.5) is 4.79 Å². The first-order valence-corrected chi connectivity index (χ1v) is 5.86. The first kappa shape index (κ1) is 9.90. The Bertz CT molecular complexity index is 364. The predicted octanol–water partition coefficient (Wildman–Crippen LogP) is 1.42. The molecule has 3 rings (SSSR count). The van der Waals surface area contributed by atoms with Crippen LogP contribution in [0.25, 0.3) is 0 Å². The molecule has 16 heavy (non-hydrogen) atoms. The lowest BCUT2D eigenvalue weighted by atomic mass is 9.80. The molecule has 0 bridgehead atoms. The molecule has 2 aliphatic heterocycles. The third-order valence-electron chi connectivity index (χ3n) is 3.99. The summed E-state index contributed by atoms with van der Waals surface area (Å²) in [6, 6.07) is 0.801. The van der Waals surface area contributed by atoms with Crippen LogP contribution in [-0.2, 0) is 0 Å². The summed E-state index contributed by atoms with van der Waals surface area (Å²) in [5.41, 5.74) is 0. The number of allylic oxidation sites excluding steroid dienone is 1.